The van der Waals surface area contributed by atoms with Gasteiger partial charge in [-0.3, -0.25) is 14.4 Å². The average molecular weight is 247 g/mol. The van der Waals surface area contributed by atoms with Crippen LogP contribution in [-0.2, 0) is 14.4 Å². The van der Waals surface area contributed by atoms with E-state index >= 15 is 0 Å². The van der Waals surface area contributed by atoms with Gasteiger partial charge in [0.2, 0.25) is 0 Å². The van der Waals surface area contributed by atoms with Crippen LogP contribution in [-0.4, -0.2) is 18.9 Å². The summed E-state index contributed by atoms with van der Waals surface area (Å²) in [6, 6.07) is 4.04. The van der Waals surface area contributed by atoms with Gasteiger partial charge in [0.15, 0.2) is 5.82 Å². The molecule has 0 aromatic heterocycles. The van der Waals surface area contributed by atoms with E-state index in [0.29, 0.717) is 0 Å². The van der Waals surface area contributed by atoms with Crippen molar-refractivity contribution >= 4 is 29.1 Å². The Kier molecular flexibility index (Phi) is 4.21. The minimum Gasteiger partial charge on any atom is -0.315 e. The first-order valence-electron chi connectivity index (χ1n) is 4.14. The highest BCUT2D eigenvalue weighted by molar-refractivity contribution is 6.39. The maximum absolute atomic E-state index is 13.3. The van der Waals surface area contributed by atoms with Crippen molar-refractivity contribution in [3.8, 4) is 0 Å². The summed E-state index contributed by atoms with van der Waals surface area (Å²) in [4.78, 5) is 26.3. The summed E-state index contributed by atoms with van der Waals surface area (Å²) in [6.45, 7) is 0. The first-order valence-corrected chi connectivity index (χ1v) is 4.52. The number of amides is 2. The smallest absolute Gasteiger partial charge is 0.315 e. The molecule has 0 aliphatic heterocycles. The average Bonchev–Trinajstić information content (AvgIpc) is 2.25. The maximum Gasteiger partial charge on any atom is 0.333 e. The first-order chi connectivity index (χ1) is 7.56. The van der Waals surface area contributed by atoms with Crippen LogP contribution < -0.4 is 10.8 Å². The molecule has 0 aliphatic carbocycles. The summed E-state index contributed by atoms with van der Waals surface area (Å²) in [5, 5.41) is 1.90. The Morgan fingerprint density at radius 3 is 2.69 bits per heavy atom. The molecule has 0 spiro atoms. The summed E-state index contributed by atoms with van der Waals surface area (Å²) in [5.41, 5.74) is 1.62. The van der Waals surface area contributed by atoms with E-state index in [4.69, 9.17) is 11.6 Å². The van der Waals surface area contributed by atoms with Crippen LogP contribution in [0.1, 0.15) is 0 Å². The van der Waals surface area contributed by atoms with E-state index in [9.17, 15) is 14.0 Å². The Labute approximate surface area is 95.5 Å². The van der Waals surface area contributed by atoms with Crippen molar-refractivity contribution in [2.75, 3.05) is 12.4 Å². The third-order valence-corrected chi connectivity index (χ3v) is 1.89. The van der Waals surface area contributed by atoms with Crippen molar-refractivity contribution in [1.29, 1.82) is 0 Å². The number of anilines is 1. The Bertz CT molecular complexity index is 425. The van der Waals surface area contributed by atoms with Crippen LogP contribution in [0.5, 0.6) is 0 Å². The van der Waals surface area contributed by atoms with E-state index < -0.39 is 17.6 Å². The van der Waals surface area contributed by atoms with Crippen molar-refractivity contribution in [3.05, 3.63) is 29.0 Å². The van der Waals surface area contributed by atoms with Gasteiger partial charge in [-0.2, -0.15) is 0 Å². The first kappa shape index (κ1) is 12.4. The fraction of sp³-hybridized carbons (Fsp3) is 0.111. The number of halogens is 2. The Morgan fingerprint density at radius 2 is 2.06 bits per heavy atom. The fourth-order valence-electron chi connectivity index (χ4n) is 0.918. The van der Waals surface area contributed by atoms with Gasteiger partial charge in [0.25, 0.3) is 0 Å². The van der Waals surface area contributed by atoms with Crippen molar-refractivity contribution in [2.24, 2.45) is 0 Å². The number of rotatable bonds is 2. The standard InChI is InChI=1S/C9H8ClFN2O3/c1-16-13-9(15)8(14)12-6-4-2-3-5(10)7(6)11/h2-4H,1H3,(H,12,14)(H,13,15). The molecule has 7 heteroatoms. The van der Waals surface area contributed by atoms with Crippen LogP contribution in [0.3, 0.4) is 0 Å². The molecular formula is C9H8ClFN2O3. The molecule has 1 rings (SSSR count). The lowest BCUT2D eigenvalue weighted by atomic mass is 10.3. The zero-order chi connectivity index (χ0) is 12.1. The van der Waals surface area contributed by atoms with Gasteiger partial charge in [0.05, 0.1) is 17.8 Å². The minimum atomic E-state index is -1.05. The molecule has 2 amide bonds. The van der Waals surface area contributed by atoms with E-state index in [1.54, 1.807) is 5.48 Å². The van der Waals surface area contributed by atoms with Crippen molar-refractivity contribution in [1.82, 2.24) is 5.48 Å². The summed E-state index contributed by atoms with van der Waals surface area (Å²) in [5.74, 6) is -2.90. The molecule has 0 saturated carbocycles. The molecule has 0 bridgehead atoms. The topological polar surface area (TPSA) is 67.4 Å². The zero-order valence-corrected chi connectivity index (χ0v) is 8.97. The summed E-state index contributed by atoms with van der Waals surface area (Å²) >= 11 is 5.49. The van der Waals surface area contributed by atoms with Crippen LogP contribution in [0.2, 0.25) is 5.02 Å². The van der Waals surface area contributed by atoms with Crippen LogP contribution >= 0.6 is 11.6 Å². The molecule has 1 aromatic carbocycles. The number of carbonyl (C=O) groups excluding carboxylic acids is 2. The van der Waals surface area contributed by atoms with Crippen LogP contribution in [0.15, 0.2) is 18.2 Å². The lowest BCUT2D eigenvalue weighted by Gasteiger charge is -2.06. The molecule has 0 radical (unpaired) electrons. The molecule has 0 unspecified atom stereocenters. The van der Waals surface area contributed by atoms with Gasteiger partial charge in [-0.05, 0) is 12.1 Å². The van der Waals surface area contributed by atoms with Gasteiger partial charge in [0.1, 0.15) is 0 Å². The molecule has 2 N–H and O–H groups in total. The molecule has 86 valence electrons. The Morgan fingerprint density at radius 1 is 1.38 bits per heavy atom. The number of hydroxylamine groups is 1. The molecule has 16 heavy (non-hydrogen) atoms. The molecule has 0 heterocycles. The number of carbonyl (C=O) groups is 2. The molecule has 0 saturated heterocycles. The predicted molar refractivity (Wildman–Crippen MR) is 55.2 cm³/mol. The molecule has 1 aromatic rings. The van der Waals surface area contributed by atoms with E-state index in [0.717, 1.165) is 0 Å². The van der Waals surface area contributed by atoms with Crippen LogP contribution in [0, 0.1) is 5.82 Å². The second-order valence-electron chi connectivity index (χ2n) is 2.69. The predicted octanol–water partition coefficient (Wildman–Crippen LogP) is 1.10. The monoisotopic (exact) mass is 246 g/mol. The largest absolute Gasteiger partial charge is 0.333 e. The second kappa shape index (κ2) is 5.43. The van der Waals surface area contributed by atoms with Crippen molar-refractivity contribution in [3.63, 3.8) is 0 Å². The quantitative estimate of drug-likeness (QED) is 0.606. The third kappa shape index (κ3) is 2.91. The summed E-state index contributed by atoms with van der Waals surface area (Å²) < 4.78 is 13.3. The number of hydrogen-bond acceptors (Lipinski definition) is 3. The lowest BCUT2D eigenvalue weighted by molar-refractivity contribution is -0.142. The lowest BCUT2D eigenvalue weighted by Crippen LogP contribution is -2.34. The Balaban J connectivity index is 2.77. The van der Waals surface area contributed by atoms with Gasteiger partial charge in [0, 0.05) is 0 Å². The SMILES string of the molecule is CONC(=O)C(=O)Nc1cccc(Cl)c1F. The molecule has 0 aliphatic rings. The van der Waals surface area contributed by atoms with Gasteiger partial charge < -0.3 is 5.32 Å². The van der Waals surface area contributed by atoms with Gasteiger partial charge in [-0.1, -0.05) is 17.7 Å². The molecule has 0 fully saturated rings. The Hall–Kier alpha value is -1.66. The van der Waals surface area contributed by atoms with E-state index in [1.807, 2.05) is 5.32 Å². The highest BCUT2D eigenvalue weighted by atomic mass is 35.5. The second-order valence-corrected chi connectivity index (χ2v) is 3.10. The highest BCUT2D eigenvalue weighted by Crippen LogP contribution is 2.21. The van der Waals surface area contributed by atoms with Crippen LogP contribution in [0.25, 0.3) is 0 Å². The van der Waals surface area contributed by atoms with Gasteiger partial charge in [-0.25, -0.2) is 9.87 Å². The molecule has 5 nitrogen and oxygen atoms in total. The third-order valence-electron chi connectivity index (χ3n) is 1.60. The van der Waals surface area contributed by atoms with Crippen molar-refractivity contribution < 1.29 is 18.8 Å². The normalized spacial score (nSPS) is 9.69. The summed E-state index contributed by atoms with van der Waals surface area (Å²) in [7, 11) is 1.17. The number of hydrogen-bond donors (Lipinski definition) is 2. The molecule has 0 atom stereocenters. The van der Waals surface area contributed by atoms with Gasteiger partial charge in [-0.15, -0.1) is 0 Å². The summed E-state index contributed by atoms with van der Waals surface area (Å²) in [6.07, 6.45) is 0. The van der Waals surface area contributed by atoms with E-state index in [1.165, 1.54) is 25.3 Å². The van der Waals surface area contributed by atoms with E-state index in [-0.39, 0.29) is 10.7 Å². The van der Waals surface area contributed by atoms with Crippen molar-refractivity contribution in [2.45, 2.75) is 0 Å². The molecular weight excluding hydrogens is 239 g/mol. The van der Waals surface area contributed by atoms with Gasteiger partial charge >= 0.3 is 11.8 Å². The number of nitrogens with one attached hydrogen (secondary N) is 2. The minimum absolute atomic E-state index is 0.148. The van der Waals surface area contributed by atoms with E-state index in [2.05, 4.69) is 4.84 Å². The number of benzene rings is 1. The fourth-order valence-corrected chi connectivity index (χ4v) is 1.09. The highest BCUT2D eigenvalue weighted by Gasteiger charge is 2.16. The maximum atomic E-state index is 13.3. The van der Waals surface area contributed by atoms with Crippen LogP contribution in [0.4, 0.5) is 10.1 Å². The zero-order valence-electron chi connectivity index (χ0n) is 8.21.